The van der Waals surface area contributed by atoms with Gasteiger partial charge in [0.1, 0.15) is 0 Å². The van der Waals surface area contributed by atoms with Crippen molar-refractivity contribution in [2.45, 2.75) is 31.8 Å². The van der Waals surface area contributed by atoms with Crippen molar-refractivity contribution in [2.75, 3.05) is 19.6 Å². The summed E-state index contributed by atoms with van der Waals surface area (Å²) in [6, 6.07) is 7.07. The number of likely N-dealkylation sites (tertiary alicyclic amines) is 1. The Hall–Kier alpha value is -2.54. The Bertz CT molecular complexity index is 829. The Morgan fingerprint density at radius 2 is 2.04 bits per heavy atom. The Morgan fingerprint density at radius 3 is 2.85 bits per heavy atom. The van der Waals surface area contributed by atoms with Gasteiger partial charge in [0.2, 0.25) is 5.91 Å². The van der Waals surface area contributed by atoms with E-state index in [-0.39, 0.29) is 17.5 Å². The highest BCUT2D eigenvalue weighted by Gasteiger charge is 2.36. The van der Waals surface area contributed by atoms with Gasteiger partial charge in [0, 0.05) is 49.6 Å². The van der Waals surface area contributed by atoms with E-state index in [1.54, 1.807) is 24.5 Å². The molecular formula is C19H23N5O2. The lowest BCUT2D eigenvalue weighted by Gasteiger charge is -2.43. The van der Waals surface area contributed by atoms with Gasteiger partial charge in [0.15, 0.2) is 0 Å². The van der Waals surface area contributed by atoms with Crippen LogP contribution in [0.15, 0.2) is 41.5 Å². The van der Waals surface area contributed by atoms with Gasteiger partial charge in [0.05, 0.1) is 18.3 Å². The Balaban J connectivity index is 1.41. The molecule has 0 aromatic carbocycles. The number of rotatable bonds is 4. The molecule has 1 unspecified atom stereocenters. The van der Waals surface area contributed by atoms with Crippen molar-refractivity contribution >= 4 is 5.91 Å². The number of pyridine rings is 1. The molecule has 2 aliphatic heterocycles. The minimum absolute atomic E-state index is 0.0137. The van der Waals surface area contributed by atoms with E-state index in [4.69, 9.17) is 0 Å². The van der Waals surface area contributed by atoms with E-state index in [0.717, 1.165) is 50.2 Å². The maximum Gasteiger partial charge on any atom is 0.266 e. The average Bonchev–Trinajstić information content (AvgIpc) is 2.84. The van der Waals surface area contributed by atoms with Crippen molar-refractivity contribution < 1.29 is 4.79 Å². The first-order valence-electron chi connectivity index (χ1n) is 9.21. The smallest absolute Gasteiger partial charge is 0.266 e. The molecule has 4 rings (SSSR count). The van der Waals surface area contributed by atoms with Crippen LogP contribution in [-0.2, 0) is 11.3 Å². The number of hydrogen-bond acceptors (Lipinski definition) is 5. The fourth-order valence-corrected chi connectivity index (χ4v) is 3.74. The molecule has 2 aliphatic rings. The van der Waals surface area contributed by atoms with Gasteiger partial charge < -0.3 is 5.32 Å². The Morgan fingerprint density at radius 1 is 1.15 bits per heavy atom. The number of carbonyl (C=O) groups excluding carboxylic acids is 1. The fourth-order valence-electron chi connectivity index (χ4n) is 3.74. The van der Waals surface area contributed by atoms with Crippen LogP contribution < -0.4 is 10.9 Å². The summed E-state index contributed by atoms with van der Waals surface area (Å²) in [5, 5.41) is 7.49. The van der Waals surface area contributed by atoms with Gasteiger partial charge in [-0.05, 0) is 37.5 Å². The zero-order valence-corrected chi connectivity index (χ0v) is 14.7. The van der Waals surface area contributed by atoms with Crippen molar-refractivity contribution in [3.8, 4) is 11.3 Å². The molecule has 2 fully saturated rings. The average molecular weight is 353 g/mol. The SMILES string of the molecule is O=C1NCCCCC1N1CC(Cn2nc(-c3cccnc3)ccc2=O)C1. The van der Waals surface area contributed by atoms with Crippen LogP contribution in [0.3, 0.4) is 0 Å². The summed E-state index contributed by atoms with van der Waals surface area (Å²) in [6.07, 6.45) is 6.52. The van der Waals surface area contributed by atoms with Crippen LogP contribution in [0.25, 0.3) is 11.3 Å². The van der Waals surface area contributed by atoms with Gasteiger partial charge in [-0.2, -0.15) is 5.10 Å². The van der Waals surface area contributed by atoms with Gasteiger partial charge in [-0.3, -0.25) is 19.5 Å². The molecule has 7 nitrogen and oxygen atoms in total. The highest BCUT2D eigenvalue weighted by atomic mass is 16.2. The maximum atomic E-state index is 12.2. The van der Waals surface area contributed by atoms with Crippen molar-refractivity contribution in [3.05, 3.63) is 47.0 Å². The summed E-state index contributed by atoms with van der Waals surface area (Å²) in [7, 11) is 0. The quantitative estimate of drug-likeness (QED) is 0.884. The zero-order valence-electron chi connectivity index (χ0n) is 14.7. The number of amides is 1. The Kier molecular flexibility index (Phi) is 4.79. The van der Waals surface area contributed by atoms with Gasteiger partial charge >= 0.3 is 0 Å². The molecule has 0 bridgehead atoms. The number of nitrogens with zero attached hydrogens (tertiary/aromatic N) is 4. The van der Waals surface area contributed by atoms with Gasteiger partial charge in [0.25, 0.3) is 5.56 Å². The summed E-state index contributed by atoms with van der Waals surface area (Å²) in [4.78, 5) is 30.6. The van der Waals surface area contributed by atoms with Crippen LogP contribution in [0.1, 0.15) is 19.3 Å². The predicted octanol–water partition coefficient (Wildman–Crippen LogP) is 0.906. The summed E-state index contributed by atoms with van der Waals surface area (Å²) in [6.45, 7) is 3.04. The second kappa shape index (κ2) is 7.37. The van der Waals surface area contributed by atoms with Crippen molar-refractivity contribution in [1.82, 2.24) is 25.0 Å². The van der Waals surface area contributed by atoms with Crippen molar-refractivity contribution in [3.63, 3.8) is 0 Å². The number of aromatic nitrogens is 3. The highest BCUT2D eigenvalue weighted by molar-refractivity contribution is 5.82. The summed E-state index contributed by atoms with van der Waals surface area (Å²) >= 11 is 0. The molecule has 7 heteroatoms. The van der Waals surface area contributed by atoms with E-state index in [9.17, 15) is 9.59 Å². The fraction of sp³-hybridized carbons (Fsp3) is 0.474. The second-order valence-corrected chi connectivity index (χ2v) is 7.10. The van der Waals surface area contributed by atoms with Crippen LogP contribution in [0.5, 0.6) is 0 Å². The molecular weight excluding hydrogens is 330 g/mol. The summed E-state index contributed by atoms with van der Waals surface area (Å²) in [5.41, 5.74) is 1.55. The first-order valence-corrected chi connectivity index (χ1v) is 9.21. The monoisotopic (exact) mass is 353 g/mol. The molecule has 4 heterocycles. The number of carbonyl (C=O) groups is 1. The van der Waals surface area contributed by atoms with E-state index in [2.05, 4.69) is 20.3 Å². The molecule has 26 heavy (non-hydrogen) atoms. The van der Waals surface area contributed by atoms with Gasteiger partial charge in [-0.15, -0.1) is 0 Å². The first-order chi connectivity index (χ1) is 12.7. The van der Waals surface area contributed by atoms with Gasteiger partial charge in [-0.25, -0.2) is 4.68 Å². The van der Waals surface area contributed by atoms with Crippen LogP contribution in [-0.4, -0.2) is 51.2 Å². The highest BCUT2D eigenvalue weighted by Crippen LogP contribution is 2.24. The molecule has 2 aromatic rings. The van der Waals surface area contributed by atoms with Crippen LogP contribution in [0.4, 0.5) is 0 Å². The summed E-state index contributed by atoms with van der Waals surface area (Å²) in [5.74, 6) is 0.496. The molecule has 0 saturated carbocycles. The van der Waals surface area contributed by atoms with Crippen molar-refractivity contribution in [1.29, 1.82) is 0 Å². The second-order valence-electron chi connectivity index (χ2n) is 7.10. The lowest BCUT2D eigenvalue weighted by Crippen LogP contribution is -2.58. The molecule has 136 valence electrons. The normalized spacial score (nSPS) is 21.7. The maximum absolute atomic E-state index is 12.2. The van der Waals surface area contributed by atoms with E-state index in [0.29, 0.717) is 12.5 Å². The van der Waals surface area contributed by atoms with E-state index < -0.39 is 0 Å². The van der Waals surface area contributed by atoms with E-state index in [1.807, 2.05) is 12.1 Å². The minimum Gasteiger partial charge on any atom is -0.355 e. The zero-order chi connectivity index (χ0) is 17.9. The largest absolute Gasteiger partial charge is 0.355 e. The predicted molar refractivity (Wildman–Crippen MR) is 97.4 cm³/mol. The topological polar surface area (TPSA) is 80.1 Å². The lowest BCUT2D eigenvalue weighted by atomic mass is 9.95. The van der Waals surface area contributed by atoms with Crippen LogP contribution in [0, 0.1) is 5.92 Å². The third-order valence-corrected chi connectivity index (χ3v) is 5.19. The molecule has 1 N–H and O–H groups in total. The molecule has 2 aromatic heterocycles. The van der Waals surface area contributed by atoms with Crippen LogP contribution in [0.2, 0.25) is 0 Å². The van der Waals surface area contributed by atoms with Crippen molar-refractivity contribution in [2.24, 2.45) is 5.92 Å². The van der Waals surface area contributed by atoms with E-state index >= 15 is 0 Å². The molecule has 0 aliphatic carbocycles. The minimum atomic E-state index is -0.0942. The lowest BCUT2D eigenvalue weighted by molar-refractivity contribution is -0.129. The standard InChI is InChI=1S/C19H23N5O2/c25-18-7-6-16(15-4-3-8-20-10-15)22-24(18)13-14-11-23(12-14)17-5-1-2-9-21-19(17)26/h3-4,6-8,10,14,17H,1-2,5,9,11-13H2,(H,21,26). The number of nitrogens with one attached hydrogen (secondary N) is 1. The van der Waals surface area contributed by atoms with E-state index in [1.165, 1.54) is 4.68 Å². The molecule has 1 amide bonds. The summed E-state index contributed by atoms with van der Waals surface area (Å²) < 4.78 is 1.54. The first kappa shape index (κ1) is 16.9. The third kappa shape index (κ3) is 3.53. The van der Waals surface area contributed by atoms with Crippen LogP contribution >= 0.6 is 0 Å². The molecule has 0 spiro atoms. The molecule has 1 atom stereocenters. The molecule has 2 saturated heterocycles. The number of hydrogen-bond donors (Lipinski definition) is 1. The Labute approximate surface area is 152 Å². The molecule has 0 radical (unpaired) electrons. The third-order valence-electron chi connectivity index (χ3n) is 5.19. The van der Waals surface area contributed by atoms with Gasteiger partial charge in [-0.1, -0.05) is 0 Å².